The second kappa shape index (κ2) is 9.10. The zero-order chi connectivity index (χ0) is 23.6. The van der Waals surface area contributed by atoms with Gasteiger partial charge in [0.25, 0.3) is 0 Å². The van der Waals surface area contributed by atoms with Crippen LogP contribution in [0.2, 0.25) is 0 Å². The van der Waals surface area contributed by atoms with E-state index in [1.165, 1.54) is 82.4 Å². The van der Waals surface area contributed by atoms with Crippen molar-refractivity contribution >= 4 is 21.6 Å². The lowest BCUT2D eigenvalue weighted by Gasteiger charge is -2.49. The zero-order valence-electron chi connectivity index (χ0n) is 22.4. The van der Waals surface area contributed by atoms with Gasteiger partial charge in [-0.2, -0.15) is 0 Å². The standard InChI is InChI=1S/C29H50N2OS2/c1-26(2)22-8-10-28(26,24(18-22)30-12-6-5-7-13-30)20-33-34-21-29-11-9-23(27(29,3)4)19-25(29)31-14-16-32-17-15-31/h22-25H,5-21H2,1-4H3. The van der Waals surface area contributed by atoms with Gasteiger partial charge >= 0.3 is 0 Å². The van der Waals surface area contributed by atoms with E-state index in [1.54, 1.807) is 0 Å². The molecule has 3 nitrogen and oxygen atoms in total. The minimum absolute atomic E-state index is 0.489. The molecule has 2 saturated heterocycles. The summed E-state index contributed by atoms with van der Waals surface area (Å²) in [5, 5.41) is 0. The molecule has 194 valence electrons. The molecule has 0 aromatic heterocycles. The van der Waals surface area contributed by atoms with Crippen molar-refractivity contribution in [1.82, 2.24) is 9.80 Å². The SMILES string of the molecule is CC1(C)C2CCC1(CSSCC13CCC(CC1N1CCOCC1)C3(C)C)C(N1CCCCC1)C2. The van der Waals surface area contributed by atoms with E-state index in [-0.39, 0.29) is 0 Å². The van der Waals surface area contributed by atoms with Crippen molar-refractivity contribution in [2.45, 2.75) is 97.6 Å². The van der Waals surface area contributed by atoms with Crippen LogP contribution in [-0.4, -0.2) is 72.8 Å². The first-order valence-corrected chi connectivity index (χ1v) is 17.1. The van der Waals surface area contributed by atoms with E-state index in [0.29, 0.717) is 21.7 Å². The van der Waals surface area contributed by atoms with Gasteiger partial charge in [0.2, 0.25) is 0 Å². The summed E-state index contributed by atoms with van der Waals surface area (Å²) < 4.78 is 5.73. The normalized spacial score (nSPS) is 45.9. The highest BCUT2D eigenvalue weighted by atomic mass is 33.1. The molecule has 6 unspecified atom stereocenters. The topological polar surface area (TPSA) is 15.7 Å². The molecule has 6 atom stereocenters. The first kappa shape index (κ1) is 24.9. The fourth-order valence-electron chi connectivity index (χ4n) is 10.2. The molecule has 5 heteroatoms. The van der Waals surface area contributed by atoms with Crippen molar-refractivity contribution in [3.8, 4) is 0 Å². The largest absolute Gasteiger partial charge is 0.379 e. The maximum Gasteiger partial charge on any atom is 0.0594 e. The van der Waals surface area contributed by atoms with Crippen LogP contribution in [0.25, 0.3) is 0 Å². The van der Waals surface area contributed by atoms with E-state index in [4.69, 9.17) is 4.74 Å². The number of rotatable bonds is 7. The van der Waals surface area contributed by atoms with Crippen LogP contribution < -0.4 is 0 Å². The first-order chi connectivity index (χ1) is 16.3. The molecule has 0 aromatic carbocycles. The monoisotopic (exact) mass is 506 g/mol. The van der Waals surface area contributed by atoms with Crippen molar-refractivity contribution in [2.75, 3.05) is 50.9 Å². The maximum atomic E-state index is 5.73. The molecule has 4 bridgehead atoms. The maximum absolute atomic E-state index is 5.73. The van der Waals surface area contributed by atoms with E-state index in [0.717, 1.165) is 50.2 Å². The fourth-order valence-corrected chi connectivity index (χ4v) is 13.9. The number of nitrogens with zero attached hydrogens (tertiary/aromatic N) is 2. The van der Waals surface area contributed by atoms with Gasteiger partial charge in [0, 0.05) is 47.5 Å². The Morgan fingerprint density at radius 3 is 1.62 bits per heavy atom. The molecular formula is C29H50N2OS2. The van der Waals surface area contributed by atoms with Gasteiger partial charge in [-0.3, -0.25) is 9.80 Å². The summed E-state index contributed by atoms with van der Waals surface area (Å²) in [6, 6.07) is 1.64. The van der Waals surface area contributed by atoms with Crippen LogP contribution in [0, 0.1) is 33.5 Å². The highest BCUT2D eigenvalue weighted by Gasteiger charge is 2.66. The number of piperidine rings is 1. The van der Waals surface area contributed by atoms with Gasteiger partial charge in [-0.15, -0.1) is 0 Å². The summed E-state index contributed by atoms with van der Waals surface area (Å²) in [4.78, 5) is 5.78. The molecule has 4 saturated carbocycles. The molecule has 2 aliphatic heterocycles. The van der Waals surface area contributed by atoms with Gasteiger partial charge in [0.15, 0.2) is 0 Å². The van der Waals surface area contributed by atoms with Crippen molar-refractivity contribution in [3.05, 3.63) is 0 Å². The zero-order valence-corrected chi connectivity index (χ0v) is 24.1. The predicted molar refractivity (Wildman–Crippen MR) is 147 cm³/mol. The summed E-state index contributed by atoms with van der Waals surface area (Å²) in [6.07, 6.45) is 13.1. The number of fused-ring (bicyclic) bond motifs is 4. The first-order valence-electron chi connectivity index (χ1n) is 14.6. The molecule has 0 aromatic rings. The summed E-state index contributed by atoms with van der Waals surface area (Å²) >= 11 is 0. The Morgan fingerprint density at radius 2 is 1.15 bits per heavy atom. The molecule has 34 heavy (non-hydrogen) atoms. The van der Waals surface area contributed by atoms with Crippen molar-refractivity contribution in [2.24, 2.45) is 33.5 Å². The number of hydrogen-bond acceptors (Lipinski definition) is 5. The molecule has 6 rings (SSSR count). The van der Waals surface area contributed by atoms with Crippen LogP contribution in [0.3, 0.4) is 0 Å². The minimum Gasteiger partial charge on any atom is -0.379 e. The minimum atomic E-state index is 0.489. The van der Waals surface area contributed by atoms with Gasteiger partial charge in [-0.05, 0) is 87.1 Å². The van der Waals surface area contributed by atoms with Crippen molar-refractivity contribution < 1.29 is 4.74 Å². The molecule has 2 heterocycles. The smallest absolute Gasteiger partial charge is 0.0594 e. The van der Waals surface area contributed by atoms with Gasteiger partial charge in [0.1, 0.15) is 0 Å². The second-order valence-electron chi connectivity index (χ2n) is 14.0. The number of ether oxygens (including phenoxy) is 1. The third kappa shape index (κ3) is 3.56. The Kier molecular flexibility index (Phi) is 6.66. The molecule has 6 fully saturated rings. The van der Waals surface area contributed by atoms with Crippen molar-refractivity contribution in [1.29, 1.82) is 0 Å². The number of hydrogen-bond donors (Lipinski definition) is 0. The van der Waals surface area contributed by atoms with Crippen LogP contribution in [0.1, 0.15) is 85.5 Å². The fraction of sp³-hybridized carbons (Fsp3) is 1.00. The van der Waals surface area contributed by atoms with Gasteiger partial charge in [-0.1, -0.05) is 55.7 Å². The third-order valence-electron chi connectivity index (χ3n) is 12.8. The number of morpholine rings is 1. The molecular weight excluding hydrogens is 456 g/mol. The summed E-state index contributed by atoms with van der Waals surface area (Å²) in [5.74, 6) is 4.62. The van der Waals surface area contributed by atoms with E-state index in [9.17, 15) is 0 Å². The lowest BCUT2D eigenvalue weighted by Crippen LogP contribution is -2.53. The quantitative estimate of drug-likeness (QED) is 0.285. The lowest BCUT2D eigenvalue weighted by atomic mass is 9.68. The van der Waals surface area contributed by atoms with Crippen molar-refractivity contribution in [3.63, 3.8) is 0 Å². The molecule has 0 spiro atoms. The summed E-state index contributed by atoms with van der Waals surface area (Å²) in [5.41, 5.74) is 2.04. The van der Waals surface area contributed by atoms with Crippen LogP contribution in [0.4, 0.5) is 0 Å². The highest BCUT2D eigenvalue weighted by molar-refractivity contribution is 8.76. The molecule has 0 amide bonds. The predicted octanol–water partition coefficient (Wildman–Crippen LogP) is 6.58. The van der Waals surface area contributed by atoms with Crippen LogP contribution >= 0.6 is 21.6 Å². The van der Waals surface area contributed by atoms with Gasteiger partial charge in [0.05, 0.1) is 13.2 Å². The number of likely N-dealkylation sites (tertiary alicyclic amines) is 1. The van der Waals surface area contributed by atoms with Gasteiger partial charge in [-0.25, -0.2) is 0 Å². The second-order valence-corrected chi connectivity index (χ2v) is 16.5. The Labute approximate surface area is 217 Å². The Morgan fingerprint density at radius 1 is 0.676 bits per heavy atom. The Bertz CT molecular complexity index is 684. The average Bonchev–Trinajstić information content (AvgIpc) is 3.42. The molecule has 0 radical (unpaired) electrons. The van der Waals surface area contributed by atoms with E-state index >= 15 is 0 Å². The summed E-state index contributed by atoms with van der Waals surface area (Å²) in [6.45, 7) is 17.5. The Hall–Kier alpha value is 0.580. The molecule has 6 aliphatic rings. The van der Waals surface area contributed by atoms with Crippen LogP contribution in [-0.2, 0) is 4.74 Å². The highest BCUT2D eigenvalue weighted by Crippen LogP contribution is 2.70. The molecule has 0 N–H and O–H groups in total. The molecule has 4 aliphatic carbocycles. The third-order valence-corrected chi connectivity index (χ3v) is 15.5. The van der Waals surface area contributed by atoms with E-state index < -0.39 is 0 Å². The van der Waals surface area contributed by atoms with Crippen LogP contribution in [0.15, 0.2) is 0 Å². The lowest BCUT2D eigenvalue weighted by molar-refractivity contribution is -0.0250. The summed E-state index contributed by atoms with van der Waals surface area (Å²) in [7, 11) is 4.57. The Balaban J connectivity index is 1.15. The van der Waals surface area contributed by atoms with Crippen LogP contribution in [0.5, 0.6) is 0 Å². The van der Waals surface area contributed by atoms with E-state index in [2.05, 4.69) is 59.1 Å². The average molecular weight is 507 g/mol. The van der Waals surface area contributed by atoms with E-state index in [1.807, 2.05) is 0 Å². The van der Waals surface area contributed by atoms with Gasteiger partial charge < -0.3 is 4.74 Å².